The van der Waals surface area contributed by atoms with Crippen LogP contribution in [0.3, 0.4) is 0 Å². The molecule has 1 aliphatic heterocycles. The summed E-state index contributed by atoms with van der Waals surface area (Å²) in [5, 5.41) is 0. The Kier molecular flexibility index (Phi) is 4.14. The number of allylic oxidation sites excluding steroid dienone is 1. The van der Waals surface area contributed by atoms with Gasteiger partial charge in [0.05, 0.1) is 0 Å². The molecule has 1 atom stereocenters. The van der Waals surface area contributed by atoms with Gasteiger partial charge in [0, 0.05) is 0 Å². The average Bonchev–Trinajstić information content (AvgIpc) is 2.13. The van der Waals surface area contributed by atoms with Gasteiger partial charge in [0.25, 0.3) is 0 Å². The molecular formula is C14H24Ge2S. The van der Waals surface area contributed by atoms with Crippen molar-refractivity contribution in [1.82, 2.24) is 0 Å². The van der Waals surface area contributed by atoms with Crippen molar-refractivity contribution in [2.75, 3.05) is 0 Å². The molecule has 0 saturated carbocycles. The molecule has 3 heteroatoms. The molecule has 0 amide bonds. The molecule has 0 bridgehead atoms. The quantitative estimate of drug-likeness (QED) is 0.579. The van der Waals surface area contributed by atoms with Gasteiger partial charge in [-0.2, -0.15) is 0 Å². The van der Waals surface area contributed by atoms with E-state index < -0.39 is 0 Å². The molecule has 0 aromatic carbocycles. The first-order valence-electron chi connectivity index (χ1n) is 6.16. The Balaban J connectivity index is 3.56. The van der Waals surface area contributed by atoms with Crippen LogP contribution in [0, 0.1) is 5.41 Å². The minimum atomic E-state index is 0.235. The molecule has 1 heterocycles. The Morgan fingerprint density at radius 2 is 1.35 bits per heavy atom. The number of hydrogen-bond donors (Lipinski definition) is 0. The zero-order valence-electron chi connectivity index (χ0n) is 12.4. The van der Waals surface area contributed by atoms with Gasteiger partial charge in [-0.3, -0.25) is 0 Å². The molecule has 0 spiro atoms. The normalized spacial score (nSPS) is 35.6. The molecule has 6 radical (unpaired) electrons. The zero-order chi connectivity index (χ0) is 13.9. The van der Waals surface area contributed by atoms with E-state index in [-0.39, 0.29) is 19.2 Å². The van der Waals surface area contributed by atoms with Crippen LogP contribution >= 0.6 is 11.8 Å². The second-order valence-corrected chi connectivity index (χ2v) is 12.3. The van der Waals surface area contributed by atoms with Crippen LogP contribution in [-0.2, 0) is 0 Å². The molecule has 1 unspecified atom stereocenters. The van der Waals surface area contributed by atoms with Gasteiger partial charge in [-0.05, 0) is 0 Å². The Hall–Kier alpha value is 1.18. The van der Waals surface area contributed by atoms with Gasteiger partial charge >= 0.3 is 129 Å². The summed E-state index contributed by atoms with van der Waals surface area (Å²) in [5.74, 6) is 0. The van der Waals surface area contributed by atoms with Gasteiger partial charge in [-0.15, -0.1) is 0 Å². The molecule has 0 fully saturated rings. The minimum absolute atomic E-state index is 0.235. The average molecular weight is 370 g/mol. The molecule has 0 nitrogen and oxygen atoms in total. The Bertz CT molecular complexity index is 362. The predicted molar refractivity (Wildman–Crippen MR) is 82.1 cm³/mol. The summed E-state index contributed by atoms with van der Waals surface area (Å²) in [6.07, 6.45) is 0. The Morgan fingerprint density at radius 1 is 0.941 bits per heavy atom. The van der Waals surface area contributed by atoms with E-state index in [4.69, 9.17) is 0 Å². The number of thioether (sulfide) groups is 1. The fraction of sp³-hybridized carbons (Fsp3) is 0.857. The molecule has 17 heavy (non-hydrogen) atoms. The first-order chi connectivity index (χ1) is 7.27. The van der Waals surface area contributed by atoms with E-state index in [1.54, 1.807) is 9.98 Å². The summed E-state index contributed by atoms with van der Waals surface area (Å²) in [7, 11) is 0. The van der Waals surface area contributed by atoms with E-state index in [0.717, 1.165) is 0 Å². The fourth-order valence-electron chi connectivity index (χ4n) is 2.43. The van der Waals surface area contributed by atoms with Crippen LogP contribution in [0.25, 0.3) is 0 Å². The van der Waals surface area contributed by atoms with Gasteiger partial charge in [0.2, 0.25) is 0 Å². The van der Waals surface area contributed by atoms with Gasteiger partial charge in [-0.1, -0.05) is 0 Å². The second kappa shape index (κ2) is 4.34. The van der Waals surface area contributed by atoms with Gasteiger partial charge in [-0.25, -0.2) is 0 Å². The summed E-state index contributed by atoms with van der Waals surface area (Å²) >= 11 is 6.88. The third-order valence-electron chi connectivity index (χ3n) is 5.04. The van der Waals surface area contributed by atoms with E-state index in [1.165, 1.54) is 0 Å². The summed E-state index contributed by atoms with van der Waals surface area (Å²) in [6.45, 7) is 19.2. The standard InChI is InChI=1S/C14H24Ge2S/c1-9-10(15)14(8,16)12(4,5)13(6,7)17-11(9,2)3/h1-8H3. The fourth-order valence-corrected chi connectivity index (χ4v) is 7.16. The van der Waals surface area contributed by atoms with Crippen molar-refractivity contribution in [2.45, 2.75) is 69.1 Å². The monoisotopic (exact) mass is 372 g/mol. The molecular weight excluding hydrogens is 345 g/mol. The van der Waals surface area contributed by atoms with Gasteiger partial charge in [0.1, 0.15) is 0 Å². The molecule has 0 aromatic heterocycles. The van der Waals surface area contributed by atoms with Crippen LogP contribution in [0.2, 0.25) is 4.25 Å². The first kappa shape index (κ1) is 16.2. The predicted octanol–water partition coefficient (Wildman–Crippen LogP) is 4.11. The number of hydrogen-bond acceptors (Lipinski definition) is 1. The third-order valence-corrected chi connectivity index (χ3v) is 11.7. The van der Waals surface area contributed by atoms with E-state index in [9.17, 15) is 0 Å². The van der Waals surface area contributed by atoms with Crippen molar-refractivity contribution in [3.8, 4) is 0 Å². The maximum absolute atomic E-state index is 2.43. The molecule has 0 aliphatic carbocycles. The Labute approximate surface area is 129 Å². The van der Waals surface area contributed by atoms with Crippen molar-refractivity contribution in [2.24, 2.45) is 5.41 Å². The van der Waals surface area contributed by atoms with Crippen LogP contribution in [0.5, 0.6) is 0 Å². The van der Waals surface area contributed by atoms with E-state index in [2.05, 4.69) is 100 Å². The third kappa shape index (κ3) is 2.33. The first-order valence-corrected chi connectivity index (χ1v) is 9.07. The van der Waals surface area contributed by atoms with Crippen LogP contribution in [0.15, 0.2) is 9.98 Å². The summed E-state index contributed by atoms with van der Waals surface area (Å²) in [6, 6.07) is 0. The molecule has 0 aromatic rings. The van der Waals surface area contributed by atoms with Crippen LogP contribution in [0.1, 0.15) is 55.4 Å². The van der Waals surface area contributed by atoms with E-state index in [1.807, 2.05) is 0 Å². The van der Waals surface area contributed by atoms with Crippen LogP contribution < -0.4 is 0 Å². The van der Waals surface area contributed by atoms with Crippen molar-refractivity contribution in [1.29, 1.82) is 0 Å². The second-order valence-electron chi connectivity index (χ2n) is 6.87. The summed E-state index contributed by atoms with van der Waals surface area (Å²) in [5.41, 5.74) is 1.83. The molecule has 0 N–H and O–H groups in total. The SMILES string of the molecule is CC1=[C]([Ge])[C](C)([Ge])C(C)(C)C(C)(C)SC1(C)C. The molecule has 0 saturated heterocycles. The molecule has 94 valence electrons. The topological polar surface area (TPSA) is 0 Å². The van der Waals surface area contributed by atoms with Gasteiger partial charge < -0.3 is 0 Å². The van der Waals surface area contributed by atoms with Crippen molar-refractivity contribution >= 4 is 44.8 Å². The van der Waals surface area contributed by atoms with Crippen LogP contribution in [-0.4, -0.2) is 42.5 Å². The van der Waals surface area contributed by atoms with Crippen molar-refractivity contribution < 1.29 is 0 Å². The number of rotatable bonds is 0. The Morgan fingerprint density at radius 3 is 1.76 bits per heavy atom. The van der Waals surface area contributed by atoms with Crippen molar-refractivity contribution in [3.05, 3.63) is 9.98 Å². The van der Waals surface area contributed by atoms with Gasteiger partial charge in [0.15, 0.2) is 0 Å². The molecule has 1 rings (SSSR count). The van der Waals surface area contributed by atoms with E-state index >= 15 is 0 Å². The van der Waals surface area contributed by atoms with Crippen molar-refractivity contribution in [3.63, 3.8) is 0 Å². The van der Waals surface area contributed by atoms with Crippen LogP contribution in [0.4, 0.5) is 0 Å². The molecule has 1 aliphatic rings. The summed E-state index contributed by atoms with van der Waals surface area (Å²) < 4.78 is 2.31. The summed E-state index contributed by atoms with van der Waals surface area (Å²) in [4.78, 5) is 0. The maximum atomic E-state index is 2.43. The van der Waals surface area contributed by atoms with E-state index in [0.29, 0.717) is 0 Å². The zero-order valence-corrected chi connectivity index (χ0v) is 17.4.